The van der Waals surface area contributed by atoms with Crippen molar-refractivity contribution in [1.82, 2.24) is 4.98 Å². The van der Waals surface area contributed by atoms with E-state index in [0.717, 1.165) is 12.3 Å². The lowest BCUT2D eigenvalue weighted by molar-refractivity contribution is -0.384. The molecule has 9 nitrogen and oxygen atoms in total. The van der Waals surface area contributed by atoms with Crippen LogP contribution in [-0.4, -0.2) is 32.9 Å². The standard InChI is InChI=1S/C12H16N4O5/c1-3-6(2)8(12(18)19)15-11-9(16(20)21)7(10(13)17)4-5-14-11/h4-6,8H,3H2,1-2H3,(H2,13,17)(H,14,15)(H,18,19)/t6-,8-/m0/s1. The predicted octanol–water partition coefficient (Wildman–Crippen LogP) is 1.000. The molecule has 4 N–H and O–H groups in total. The molecule has 1 aromatic heterocycles. The van der Waals surface area contributed by atoms with E-state index in [9.17, 15) is 24.8 Å². The maximum atomic E-state index is 11.3. The Morgan fingerprint density at radius 1 is 1.57 bits per heavy atom. The van der Waals surface area contributed by atoms with Crippen molar-refractivity contribution in [3.63, 3.8) is 0 Å². The lowest BCUT2D eigenvalue weighted by Gasteiger charge is -2.20. The SMILES string of the molecule is CC[C@H](C)[C@H](Nc1nccc(C(N)=O)c1[N+](=O)[O-])C(=O)O. The number of carbonyl (C=O) groups excluding carboxylic acids is 1. The molecule has 0 spiro atoms. The number of carbonyl (C=O) groups is 2. The summed E-state index contributed by atoms with van der Waals surface area (Å²) in [6, 6.07) is 0.0503. The molecule has 1 heterocycles. The van der Waals surface area contributed by atoms with Crippen LogP contribution in [0.1, 0.15) is 30.6 Å². The van der Waals surface area contributed by atoms with Crippen molar-refractivity contribution < 1.29 is 19.6 Å². The second kappa shape index (κ2) is 6.64. The average Bonchev–Trinajstić information content (AvgIpc) is 2.42. The summed E-state index contributed by atoms with van der Waals surface area (Å²) in [5.41, 5.74) is 4.13. The number of nitrogens with zero attached hydrogens (tertiary/aromatic N) is 2. The van der Waals surface area contributed by atoms with Gasteiger partial charge in [0.1, 0.15) is 11.6 Å². The van der Waals surface area contributed by atoms with E-state index in [1.165, 1.54) is 0 Å². The number of rotatable bonds is 7. The summed E-state index contributed by atoms with van der Waals surface area (Å²) in [6.07, 6.45) is 1.71. The van der Waals surface area contributed by atoms with Crippen LogP contribution in [0.4, 0.5) is 11.5 Å². The van der Waals surface area contributed by atoms with Gasteiger partial charge in [-0.3, -0.25) is 14.9 Å². The zero-order valence-corrected chi connectivity index (χ0v) is 11.6. The summed E-state index contributed by atoms with van der Waals surface area (Å²) in [4.78, 5) is 36.5. The average molecular weight is 296 g/mol. The first-order valence-electron chi connectivity index (χ1n) is 6.22. The Balaban J connectivity index is 3.30. The number of nitro groups is 1. The Labute approximate surface area is 120 Å². The van der Waals surface area contributed by atoms with Gasteiger partial charge < -0.3 is 16.2 Å². The van der Waals surface area contributed by atoms with Crippen LogP contribution >= 0.6 is 0 Å². The summed E-state index contributed by atoms with van der Waals surface area (Å²) in [5.74, 6) is -2.72. The minimum absolute atomic E-state index is 0.288. The van der Waals surface area contributed by atoms with E-state index in [1.807, 2.05) is 0 Å². The van der Waals surface area contributed by atoms with Crippen molar-refractivity contribution in [2.75, 3.05) is 5.32 Å². The van der Waals surface area contributed by atoms with Crippen molar-refractivity contribution in [3.8, 4) is 0 Å². The monoisotopic (exact) mass is 296 g/mol. The molecule has 1 amide bonds. The van der Waals surface area contributed by atoms with Crippen LogP contribution in [0.15, 0.2) is 12.3 Å². The first-order chi connectivity index (χ1) is 9.79. The van der Waals surface area contributed by atoms with E-state index < -0.39 is 28.5 Å². The molecule has 0 fully saturated rings. The molecule has 0 radical (unpaired) electrons. The van der Waals surface area contributed by atoms with Gasteiger partial charge in [0, 0.05) is 6.20 Å². The molecule has 1 aromatic rings. The molecule has 21 heavy (non-hydrogen) atoms. The van der Waals surface area contributed by atoms with Gasteiger partial charge >= 0.3 is 11.7 Å². The minimum Gasteiger partial charge on any atom is -0.480 e. The smallest absolute Gasteiger partial charge is 0.326 e. The third-order valence-electron chi connectivity index (χ3n) is 3.14. The van der Waals surface area contributed by atoms with Crippen LogP contribution in [-0.2, 0) is 4.79 Å². The molecule has 0 aliphatic carbocycles. The molecule has 0 aromatic carbocycles. The number of nitrogens with one attached hydrogen (secondary N) is 1. The quantitative estimate of drug-likeness (QED) is 0.502. The molecule has 0 saturated carbocycles. The van der Waals surface area contributed by atoms with Crippen molar-refractivity contribution in [2.24, 2.45) is 11.7 Å². The fourth-order valence-corrected chi connectivity index (χ4v) is 1.77. The maximum Gasteiger partial charge on any atom is 0.326 e. The first-order valence-corrected chi connectivity index (χ1v) is 6.22. The van der Waals surface area contributed by atoms with E-state index >= 15 is 0 Å². The Bertz CT molecular complexity index is 575. The molecule has 2 atom stereocenters. The Kier molecular flexibility index (Phi) is 5.17. The fraction of sp³-hybridized carbons (Fsp3) is 0.417. The molecule has 114 valence electrons. The fourth-order valence-electron chi connectivity index (χ4n) is 1.77. The van der Waals surface area contributed by atoms with Crippen LogP contribution in [0.3, 0.4) is 0 Å². The zero-order valence-electron chi connectivity index (χ0n) is 11.6. The van der Waals surface area contributed by atoms with Gasteiger partial charge in [-0.25, -0.2) is 9.78 Å². The summed E-state index contributed by atoms with van der Waals surface area (Å²) < 4.78 is 0. The highest BCUT2D eigenvalue weighted by molar-refractivity contribution is 5.99. The van der Waals surface area contributed by atoms with E-state index in [4.69, 9.17) is 5.73 Å². The number of nitrogens with two attached hydrogens (primary N) is 1. The Morgan fingerprint density at radius 2 is 2.19 bits per heavy atom. The van der Waals surface area contributed by atoms with Gasteiger partial charge in [0.05, 0.1) is 4.92 Å². The number of aliphatic carboxylic acids is 1. The number of pyridine rings is 1. The van der Waals surface area contributed by atoms with Crippen LogP contribution in [0.5, 0.6) is 0 Å². The van der Waals surface area contributed by atoms with Crippen molar-refractivity contribution in [3.05, 3.63) is 27.9 Å². The molecule has 0 bridgehead atoms. The van der Waals surface area contributed by atoms with Crippen LogP contribution in [0, 0.1) is 16.0 Å². The highest BCUT2D eigenvalue weighted by Gasteiger charge is 2.30. The predicted molar refractivity (Wildman–Crippen MR) is 73.9 cm³/mol. The summed E-state index contributed by atoms with van der Waals surface area (Å²) in [6.45, 7) is 3.49. The Morgan fingerprint density at radius 3 is 2.62 bits per heavy atom. The lowest BCUT2D eigenvalue weighted by Crippen LogP contribution is -2.36. The second-order valence-electron chi connectivity index (χ2n) is 4.52. The zero-order chi connectivity index (χ0) is 16.2. The van der Waals surface area contributed by atoms with Crippen molar-refractivity contribution in [1.29, 1.82) is 0 Å². The van der Waals surface area contributed by atoms with E-state index in [-0.39, 0.29) is 17.3 Å². The largest absolute Gasteiger partial charge is 0.480 e. The van der Waals surface area contributed by atoms with Crippen LogP contribution < -0.4 is 11.1 Å². The Hall–Kier alpha value is -2.71. The molecule has 0 saturated heterocycles. The van der Waals surface area contributed by atoms with Gasteiger partial charge in [0.25, 0.3) is 5.91 Å². The number of hydrogen-bond donors (Lipinski definition) is 3. The summed E-state index contributed by atoms with van der Waals surface area (Å²) in [5, 5.41) is 22.8. The number of anilines is 1. The highest BCUT2D eigenvalue weighted by atomic mass is 16.6. The van der Waals surface area contributed by atoms with Gasteiger partial charge in [0.15, 0.2) is 0 Å². The molecule has 0 aliphatic rings. The summed E-state index contributed by atoms with van der Waals surface area (Å²) in [7, 11) is 0. The number of carboxylic acids is 1. The van der Waals surface area contributed by atoms with E-state index in [2.05, 4.69) is 10.3 Å². The molecule has 0 unspecified atom stereocenters. The molecular weight excluding hydrogens is 280 g/mol. The highest BCUT2D eigenvalue weighted by Crippen LogP contribution is 2.27. The lowest BCUT2D eigenvalue weighted by atomic mass is 9.99. The normalized spacial score (nSPS) is 13.2. The van der Waals surface area contributed by atoms with Crippen molar-refractivity contribution >= 4 is 23.4 Å². The molecule has 0 aliphatic heterocycles. The third-order valence-corrected chi connectivity index (χ3v) is 3.14. The number of aromatic nitrogens is 1. The second-order valence-corrected chi connectivity index (χ2v) is 4.52. The van der Waals surface area contributed by atoms with Gasteiger partial charge in [-0.15, -0.1) is 0 Å². The topological polar surface area (TPSA) is 148 Å². The molecular formula is C12H16N4O5. The van der Waals surface area contributed by atoms with Crippen LogP contribution in [0.2, 0.25) is 0 Å². The number of primary amides is 1. The molecule has 9 heteroatoms. The van der Waals surface area contributed by atoms with Crippen molar-refractivity contribution in [2.45, 2.75) is 26.3 Å². The number of carboxylic acid groups (broad SMARTS) is 1. The number of amides is 1. The van der Waals surface area contributed by atoms with Gasteiger partial charge in [-0.1, -0.05) is 20.3 Å². The van der Waals surface area contributed by atoms with E-state index in [0.29, 0.717) is 6.42 Å². The van der Waals surface area contributed by atoms with Gasteiger partial charge in [-0.05, 0) is 12.0 Å². The minimum atomic E-state index is -1.16. The summed E-state index contributed by atoms with van der Waals surface area (Å²) >= 11 is 0. The number of hydrogen-bond acceptors (Lipinski definition) is 6. The maximum absolute atomic E-state index is 11.3. The van der Waals surface area contributed by atoms with Gasteiger partial charge in [-0.2, -0.15) is 0 Å². The third kappa shape index (κ3) is 3.65. The van der Waals surface area contributed by atoms with Gasteiger partial charge in [0.2, 0.25) is 5.82 Å². The first kappa shape index (κ1) is 16.3. The molecule has 1 rings (SSSR count). The van der Waals surface area contributed by atoms with Crippen LogP contribution in [0.25, 0.3) is 0 Å². The van der Waals surface area contributed by atoms with E-state index in [1.54, 1.807) is 13.8 Å².